The van der Waals surface area contributed by atoms with Crippen LogP contribution in [0.2, 0.25) is 0 Å². The summed E-state index contributed by atoms with van der Waals surface area (Å²) in [5.74, 6) is -0.169. The number of aromatic nitrogens is 1. The van der Waals surface area contributed by atoms with Gasteiger partial charge < -0.3 is 5.32 Å². The van der Waals surface area contributed by atoms with Gasteiger partial charge in [0, 0.05) is 23.9 Å². The van der Waals surface area contributed by atoms with E-state index in [0.717, 1.165) is 28.4 Å². The summed E-state index contributed by atoms with van der Waals surface area (Å²) < 4.78 is 13.0. The minimum Gasteiger partial charge on any atom is -0.365 e. The Bertz CT molecular complexity index is 533. The Labute approximate surface area is 90.8 Å². The molecule has 2 nitrogen and oxygen atoms in total. The lowest BCUT2D eigenvalue weighted by molar-refractivity contribution is 0.626. The third kappa shape index (κ3) is 1.25. The second kappa shape index (κ2) is 3.03. The summed E-state index contributed by atoms with van der Waals surface area (Å²) >= 11 is 1.64. The molecule has 15 heavy (non-hydrogen) atoms. The summed E-state index contributed by atoms with van der Waals surface area (Å²) in [6.07, 6.45) is 0.807. The van der Waals surface area contributed by atoms with Crippen molar-refractivity contribution in [2.45, 2.75) is 6.42 Å². The van der Waals surface area contributed by atoms with E-state index in [2.05, 4.69) is 10.3 Å². The lowest BCUT2D eigenvalue weighted by Gasteiger charge is -1.98. The quantitative estimate of drug-likeness (QED) is 0.682. The Morgan fingerprint density at radius 2 is 2.33 bits per heavy atom. The van der Waals surface area contributed by atoms with E-state index in [1.807, 2.05) is 13.1 Å². The molecular formula is C11H9FN2S. The third-order valence-corrected chi connectivity index (χ3v) is 3.66. The molecular weight excluding hydrogens is 211 g/mol. The number of thiazole rings is 1. The van der Waals surface area contributed by atoms with Gasteiger partial charge in [-0.3, -0.25) is 0 Å². The molecule has 3 rings (SSSR count). The highest BCUT2D eigenvalue weighted by Gasteiger charge is 2.23. The van der Waals surface area contributed by atoms with Crippen LogP contribution in [0.4, 0.5) is 9.52 Å². The number of hydrogen-bond acceptors (Lipinski definition) is 3. The lowest BCUT2D eigenvalue weighted by Crippen LogP contribution is -1.87. The summed E-state index contributed by atoms with van der Waals surface area (Å²) in [4.78, 5) is 5.69. The first kappa shape index (κ1) is 8.85. The molecule has 0 spiro atoms. The average molecular weight is 220 g/mol. The molecule has 0 aliphatic heterocycles. The molecule has 1 aliphatic rings. The summed E-state index contributed by atoms with van der Waals surface area (Å²) in [6, 6.07) is 4.91. The van der Waals surface area contributed by atoms with Gasteiger partial charge in [-0.15, -0.1) is 11.3 Å². The SMILES string of the molecule is CNc1nc2c(s1)Cc1cc(F)ccc1-2. The second-order valence-electron chi connectivity index (χ2n) is 3.52. The number of benzene rings is 1. The minimum absolute atomic E-state index is 0.169. The van der Waals surface area contributed by atoms with Gasteiger partial charge in [-0.2, -0.15) is 0 Å². The minimum atomic E-state index is -0.169. The van der Waals surface area contributed by atoms with Crippen molar-refractivity contribution >= 4 is 16.5 Å². The largest absolute Gasteiger partial charge is 0.365 e. The summed E-state index contributed by atoms with van der Waals surface area (Å²) in [6.45, 7) is 0. The predicted molar refractivity (Wildman–Crippen MR) is 59.9 cm³/mol. The average Bonchev–Trinajstić information content (AvgIpc) is 2.73. The number of nitrogens with one attached hydrogen (secondary N) is 1. The van der Waals surface area contributed by atoms with Gasteiger partial charge in [0.15, 0.2) is 5.13 Å². The van der Waals surface area contributed by atoms with Crippen LogP contribution in [-0.4, -0.2) is 12.0 Å². The van der Waals surface area contributed by atoms with Crippen LogP contribution < -0.4 is 5.32 Å². The number of halogens is 1. The molecule has 0 atom stereocenters. The van der Waals surface area contributed by atoms with Crippen LogP contribution >= 0.6 is 11.3 Å². The van der Waals surface area contributed by atoms with Crippen molar-refractivity contribution in [3.63, 3.8) is 0 Å². The maximum Gasteiger partial charge on any atom is 0.183 e. The van der Waals surface area contributed by atoms with Gasteiger partial charge in [0.1, 0.15) is 5.82 Å². The fourth-order valence-electron chi connectivity index (χ4n) is 1.90. The van der Waals surface area contributed by atoms with Crippen molar-refractivity contribution in [1.82, 2.24) is 4.98 Å². The first-order chi connectivity index (χ1) is 7.28. The van der Waals surface area contributed by atoms with Gasteiger partial charge >= 0.3 is 0 Å². The van der Waals surface area contributed by atoms with Crippen molar-refractivity contribution in [3.8, 4) is 11.3 Å². The maximum atomic E-state index is 13.0. The highest BCUT2D eigenvalue weighted by molar-refractivity contribution is 7.16. The van der Waals surface area contributed by atoms with E-state index < -0.39 is 0 Å². The Morgan fingerprint density at radius 1 is 1.47 bits per heavy atom. The highest BCUT2D eigenvalue weighted by Crippen LogP contribution is 2.40. The smallest absolute Gasteiger partial charge is 0.183 e. The molecule has 1 aromatic carbocycles. The Balaban J connectivity index is 2.17. The van der Waals surface area contributed by atoms with Gasteiger partial charge in [0.2, 0.25) is 0 Å². The van der Waals surface area contributed by atoms with Crippen LogP contribution in [0.3, 0.4) is 0 Å². The number of rotatable bonds is 1. The zero-order valence-corrected chi connectivity index (χ0v) is 8.99. The molecule has 0 radical (unpaired) electrons. The molecule has 0 bridgehead atoms. The first-order valence-corrected chi connectivity index (χ1v) is 5.56. The van der Waals surface area contributed by atoms with Crippen LogP contribution in [0, 0.1) is 5.82 Å². The summed E-state index contributed by atoms with van der Waals surface area (Å²) in [5.41, 5.74) is 3.13. The van der Waals surface area contributed by atoms with Crippen molar-refractivity contribution in [2.75, 3.05) is 12.4 Å². The Kier molecular flexibility index (Phi) is 1.79. The van der Waals surface area contributed by atoms with Crippen LogP contribution in [-0.2, 0) is 6.42 Å². The molecule has 0 saturated carbocycles. The van der Waals surface area contributed by atoms with Gasteiger partial charge in [-0.1, -0.05) is 0 Å². The van der Waals surface area contributed by atoms with Gasteiger partial charge in [-0.05, 0) is 23.8 Å². The van der Waals surface area contributed by atoms with E-state index in [1.165, 1.54) is 10.9 Å². The fourth-order valence-corrected chi connectivity index (χ4v) is 2.85. The van der Waals surface area contributed by atoms with E-state index in [9.17, 15) is 4.39 Å². The molecule has 1 heterocycles. The zero-order valence-electron chi connectivity index (χ0n) is 8.17. The van der Waals surface area contributed by atoms with Gasteiger partial charge in [0.25, 0.3) is 0 Å². The molecule has 2 aromatic rings. The monoisotopic (exact) mass is 220 g/mol. The van der Waals surface area contributed by atoms with E-state index in [4.69, 9.17) is 0 Å². The lowest BCUT2D eigenvalue weighted by atomic mass is 10.1. The number of anilines is 1. The highest BCUT2D eigenvalue weighted by atomic mass is 32.1. The molecule has 0 unspecified atom stereocenters. The van der Waals surface area contributed by atoms with Gasteiger partial charge in [0.05, 0.1) is 5.69 Å². The Hall–Kier alpha value is -1.42. The molecule has 0 saturated heterocycles. The van der Waals surface area contributed by atoms with Crippen molar-refractivity contribution in [1.29, 1.82) is 0 Å². The molecule has 1 N–H and O–H groups in total. The normalized spacial score (nSPS) is 12.4. The number of hydrogen-bond donors (Lipinski definition) is 1. The van der Waals surface area contributed by atoms with E-state index in [1.54, 1.807) is 17.4 Å². The number of nitrogens with zero attached hydrogens (tertiary/aromatic N) is 1. The third-order valence-electron chi connectivity index (χ3n) is 2.58. The van der Waals surface area contributed by atoms with Crippen molar-refractivity contribution < 1.29 is 4.39 Å². The predicted octanol–water partition coefficient (Wildman–Crippen LogP) is 2.90. The summed E-state index contributed by atoms with van der Waals surface area (Å²) in [5, 5.41) is 3.96. The molecule has 0 amide bonds. The Morgan fingerprint density at radius 3 is 3.13 bits per heavy atom. The van der Waals surface area contributed by atoms with Crippen LogP contribution in [0.5, 0.6) is 0 Å². The molecule has 1 aromatic heterocycles. The number of fused-ring (bicyclic) bond motifs is 3. The molecule has 76 valence electrons. The van der Waals surface area contributed by atoms with E-state index >= 15 is 0 Å². The van der Waals surface area contributed by atoms with Crippen LogP contribution in [0.15, 0.2) is 18.2 Å². The van der Waals surface area contributed by atoms with Crippen LogP contribution in [0.1, 0.15) is 10.4 Å². The van der Waals surface area contributed by atoms with Crippen LogP contribution in [0.25, 0.3) is 11.3 Å². The molecule has 0 fully saturated rings. The van der Waals surface area contributed by atoms with Crippen molar-refractivity contribution in [3.05, 3.63) is 34.5 Å². The van der Waals surface area contributed by atoms with E-state index in [-0.39, 0.29) is 5.82 Å². The second-order valence-corrected chi connectivity index (χ2v) is 4.60. The van der Waals surface area contributed by atoms with Crippen molar-refractivity contribution in [2.24, 2.45) is 0 Å². The molecule has 1 aliphatic carbocycles. The fraction of sp³-hybridized carbons (Fsp3) is 0.182. The first-order valence-electron chi connectivity index (χ1n) is 4.74. The standard InChI is InChI=1S/C11H9FN2S/c1-13-11-14-10-8-3-2-7(12)4-6(8)5-9(10)15-11/h2-4H,5H2,1H3,(H,13,14). The summed E-state index contributed by atoms with van der Waals surface area (Å²) in [7, 11) is 1.86. The topological polar surface area (TPSA) is 24.9 Å². The van der Waals surface area contributed by atoms with Gasteiger partial charge in [-0.25, -0.2) is 9.37 Å². The molecule has 4 heteroatoms. The zero-order chi connectivity index (χ0) is 10.4. The maximum absolute atomic E-state index is 13.0. The van der Waals surface area contributed by atoms with E-state index in [0.29, 0.717) is 0 Å².